The van der Waals surface area contributed by atoms with Crippen LogP contribution in [0.15, 0.2) is 36.4 Å². The first-order chi connectivity index (χ1) is 14.3. The van der Waals surface area contributed by atoms with Crippen LogP contribution in [0.4, 0.5) is 11.4 Å². The quantitative estimate of drug-likeness (QED) is 0.320. The Bertz CT molecular complexity index is 1220. The van der Waals surface area contributed by atoms with Crippen LogP contribution in [-0.4, -0.2) is 23.2 Å². The Hall–Kier alpha value is -3.29. The van der Waals surface area contributed by atoms with E-state index >= 15 is 0 Å². The van der Waals surface area contributed by atoms with Gasteiger partial charge in [-0.15, -0.1) is 0 Å². The van der Waals surface area contributed by atoms with Crippen LogP contribution in [0.1, 0.15) is 27.0 Å². The SMILES string of the molecule is CNc1c(N)ccc2c1C(=O)OC21c2cc(Cl)c(O)cc2Oc2cc(O)c(Cl)cc21. The maximum Gasteiger partial charge on any atom is 0.342 e. The lowest BCUT2D eigenvalue weighted by atomic mass is 9.77. The lowest BCUT2D eigenvalue weighted by Gasteiger charge is -2.36. The van der Waals surface area contributed by atoms with Crippen LogP contribution in [0.3, 0.4) is 0 Å². The average molecular weight is 445 g/mol. The summed E-state index contributed by atoms with van der Waals surface area (Å²) in [7, 11) is 1.65. The van der Waals surface area contributed by atoms with E-state index in [0.717, 1.165) is 0 Å². The number of benzene rings is 3. The van der Waals surface area contributed by atoms with Crippen molar-refractivity contribution in [2.75, 3.05) is 18.1 Å². The van der Waals surface area contributed by atoms with Crippen molar-refractivity contribution < 1.29 is 24.5 Å². The van der Waals surface area contributed by atoms with Gasteiger partial charge < -0.3 is 30.7 Å². The van der Waals surface area contributed by atoms with E-state index in [2.05, 4.69) is 5.32 Å². The van der Waals surface area contributed by atoms with E-state index in [4.69, 9.17) is 38.4 Å². The third-order valence-corrected chi connectivity index (χ3v) is 6.00. The van der Waals surface area contributed by atoms with Gasteiger partial charge in [0, 0.05) is 35.9 Å². The van der Waals surface area contributed by atoms with Crippen LogP contribution in [0, 0.1) is 0 Å². The zero-order chi connectivity index (χ0) is 21.4. The van der Waals surface area contributed by atoms with Gasteiger partial charge in [0.15, 0.2) is 5.60 Å². The first kappa shape index (κ1) is 18.7. The van der Waals surface area contributed by atoms with Crippen LogP contribution < -0.4 is 15.8 Å². The summed E-state index contributed by atoms with van der Waals surface area (Å²) in [6.45, 7) is 0. The van der Waals surface area contributed by atoms with Crippen molar-refractivity contribution >= 4 is 40.5 Å². The topological polar surface area (TPSA) is 114 Å². The second kappa shape index (κ2) is 6.10. The summed E-state index contributed by atoms with van der Waals surface area (Å²) in [6.07, 6.45) is 0. The molecule has 0 fully saturated rings. The van der Waals surface area contributed by atoms with Gasteiger partial charge in [-0.3, -0.25) is 0 Å². The van der Waals surface area contributed by atoms with Crippen molar-refractivity contribution in [3.8, 4) is 23.0 Å². The Morgan fingerprint density at radius 1 is 0.967 bits per heavy atom. The highest BCUT2D eigenvalue weighted by Crippen LogP contribution is 2.59. The lowest BCUT2D eigenvalue weighted by molar-refractivity contribution is 0.0224. The molecule has 2 aliphatic rings. The second-order valence-corrected chi connectivity index (χ2v) is 7.79. The number of phenols is 2. The summed E-state index contributed by atoms with van der Waals surface area (Å²) in [6, 6.07) is 8.97. The standard InChI is InChI=1S/C21H14Cl2N2O5/c1-25-19-13(24)3-2-8-18(19)20(28)30-21(8)9-4-11(22)14(26)6-16(9)29-17-7-15(27)12(23)5-10(17)21/h2-7,25-27H,24H2,1H3. The number of nitrogen functional groups attached to an aromatic ring is 1. The minimum atomic E-state index is -1.47. The molecule has 0 unspecified atom stereocenters. The summed E-state index contributed by atoms with van der Waals surface area (Å²) in [5.74, 6) is -0.576. The highest BCUT2D eigenvalue weighted by atomic mass is 35.5. The summed E-state index contributed by atoms with van der Waals surface area (Å²) >= 11 is 12.4. The number of nitrogens with two attached hydrogens (primary N) is 1. The van der Waals surface area contributed by atoms with Gasteiger partial charge in [-0.1, -0.05) is 29.3 Å². The molecule has 0 radical (unpaired) electrons. The smallest absolute Gasteiger partial charge is 0.342 e. The number of aromatic hydroxyl groups is 2. The fraction of sp³-hybridized carbons (Fsp3) is 0.0952. The molecule has 3 aromatic rings. The average Bonchev–Trinajstić information content (AvgIpc) is 2.99. The number of esters is 1. The van der Waals surface area contributed by atoms with Crippen LogP contribution >= 0.6 is 23.2 Å². The Kier molecular flexibility index (Phi) is 3.81. The zero-order valence-corrected chi connectivity index (χ0v) is 16.9. The lowest BCUT2D eigenvalue weighted by Crippen LogP contribution is -2.33. The fourth-order valence-electron chi connectivity index (χ4n) is 4.11. The number of anilines is 2. The number of carbonyl (C=O) groups is 1. The first-order valence-electron chi connectivity index (χ1n) is 8.85. The highest BCUT2D eigenvalue weighted by molar-refractivity contribution is 6.32. The molecule has 2 aliphatic heterocycles. The molecule has 0 amide bonds. The Morgan fingerprint density at radius 2 is 1.53 bits per heavy atom. The van der Waals surface area contributed by atoms with E-state index in [-0.39, 0.29) is 38.6 Å². The van der Waals surface area contributed by atoms with E-state index < -0.39 is 11.6 Å². The number of carbonyl (C=O) groups excluding carboxylic acids is 1. The molecule has 0 aliphatic carbocycles. The Morgan fingerprint density at radius 3 is 2.07 bits per heavy atom. The number of ether oxygens (including phenoxy) is 2. The van der Waals surface area contributed by atoms with E-state index in [9.17, 15) is 15.0 Å². The molecule has 1 spiro atoms. The molecular formula is C21H14Cl2N2O5. The van der Waals surface area contributed by atoms with Crippen LogP contribution in [0.2, 0.25) is 10.0 Å². The Labute approximate surface area is 180 Å². The maximum atomic E-state index is 13.1. The number of rotatable bonds is 1. The van der Waals surface area contributed by atoms with Crippen LogP contribution in [0.5, 0.6) is 23.0 Å². The molecule has 152 valence electrons. The molecule has 2 heterocycles. The van der Waals surface area contributed by atoms with Crippen LogP contribution in [-0.2, 0) is 10.3 Å². The fourth-order valence-corrected chi connectivity index (χ4v) is 4.43. The van der Waals surface area contributed by atoms with Crippen molar-refractivity contribution in [3.05, 3.63) is 68.7 Å². The molecule has 0 atom stereocenters. The molecule has 3 aromatic carbocycles. The largest absolute Gasteiger partial charge is 0.506 e. The normalized spacial score (nSPS) is 15.1. The monoisotopic (exact) mass is 444 g/mol. The molecule has 9 heteroatoms. The molecule has 0 saturated heterocycles. The van der Waals surface area contributed by atoms with Crippen molar-refractivity contribution in [1.29, 1.82) is 0 Å². The van der Waals surface area contributed by atoms with Gasteiger partial charge in [-0.05, 0) is 18.2 Å². The number of halogens is 2. The minimum absolute atomic E-state index is 0.0545. The molecule has 0 aromatic heterocycles. The van der Waals surface area contributed by atoms with Gasteiger partial charge in [0.25, 0.3) is 0 Å². The van der Waals surface area contributed by atoms with Gasteiger partial charge >= 0.3 is 5.97 Å². The third kappa shape index (κ3) is 2.24. The molecule has 5 rings (SSSR count). The number of phenolic OH excluding ortho intramolecular Hbond substituents is 2. The van der Waals surface area contributed by atoms with Gasteiger partial charge in [-0.2, -0.15) is 0 Å². The van der Waals surface area contributed by atoms with Crippen molar-refractivity contribution in [2.45, 2.75) is 5.60 Å². The molecular weight excluding hydrogens is 431 g/mol. The summed E-state index contributed by atoms with van der Waals surface area (Å²) in [5.41, 5.74) is 6.97. The maximum absolute atomic E-state index is 13.1. The summed E-state index contributed by atoms with van der Waals surface area (Å²) in [5, 5.41) is 23.3. The molecule has 7 nitrogen and oxygen atoms in total. The Balaban J connectivity index is 1.94. The molecule has 30 heavy (non-hydrogen) atoms. The van der Waals surface area contributed by atoms with E-state index in [0.29, 0.717) is 28.1 Å². The predicted octanol–water partition coefficient (Wildman–Crippen LogP) is 4.60. The zero-order valence-electron chi connectivity index (χ0n) is 15.4. The summed E-state index contributed by atoms with van der Waals surface area (Å²) < 4.78 is 11.9. The van der Waals surface area contributed by atoms with Gasteiger partial charge in [0.2, 0.25) is 0 Å². The highest BCUT2D eigenvalue weighted by Gasteiger charge is 2.55. The van der Waals surface area contributed by atoms with Crippen molar-refractivity contribution in [3.63, 3.8) is 0 Å². The van der Waals surface area contributed by atoms with Gasteiger partial charge in [0.05, 0.1) is 27.0 Å². The molecule has 5 N–H and O–H groups in total. The number of fused-ring (bicyclic) bond motifs is 6. The summed E-state index contributed by atoms with van der Waals surface area (Å²) in [4.78, 5) is 13.1. The van der Waals surface area contributed by atoms with Crippen molar-refractivity contribution in [2.24, 2.45) is 0 Å². The minimum Gasteiger partial charge on any atom is -0.506 e. The first-order valence-corrected chi connectivity index (χ1v) is 9.61. The van der Waals surface area contributed by atoms with E-state index in [1.54, 1.807) is 19.2 Å². The van der Waals surface area contributed by atoms with E-state index in [1.807, 2.05) is 0 Å². The van der Waals surface area contributed by atoms with Gasteiger partial charge in [-0.25, -0.2) is 4.79 Å². The molecule has 0 saturated carbocycles. The second-order valence-electron chi connectivity index (χ2n) is 6.97. The molecule has 0 bridgehead atoms. The van der Waals surface area contributed by atoms with Crippen molar-refractivity contribution in [1.82, 2.24) is 0 Å². The number of hydrogen-bond donors (Lipinski definition) is 4. The number of hydrogen-bond acceptors (Lipinski definition) is 7. The van der Waals surface area contributed by atoms with Crippen LogP contribution in [0.25, 0.3) is 0 Å². The predicted molar refractivity (Wildman–Crippen MR) is 112 cm³/mol. The number of nitrogens with one attached hydrogen (secondary N) is 1. The third-order valence-electron chi connectivity index (χ3n) is 5.39. The van der Waals surface area contributed by atoms with E-state index in [1.165, 1.54) is 24.3 Å². The van der Waals surface area contributed by atoms with Gasteiger partial charge in [0.1, 0.15) is 23.0 Å².